The van der Waals surface area contributed by atoms with Crippen molar-refractivity contribution in [3.8, 4) is 0 Å². The second-order valence-electron chi connectivity index (χ2n) is 5.42. The molecule has 1 heterocycles. The number of aliphatic hydroxyl groups excluding tert-OH is 1. The van der Waals surface area contributed by atoms with Gasteiger partial charge in [0.1, 0.15) is 0 Å². The molecular formula is C16H25Cl2NO. The maximum absolute atomic E-state index is 8.76. The number of likely N-dealkylation sites (tertiary alicyclic amines) is 1. The molecule has 0 aliphatic carbocycles. The van der Waals surface area contributed by atoms with Crippen LogP contribution in [0.25, 0.3) is 0 Å². The van der Waals surface area contributed by atoms with E-state index < -0.39 is 0 Å². The van der Waals surface area contributed by atoms with Crippen molar-refractivity contribution >= 4 is 24.0 Å². The van der Waals surface area contributed by atoms with Gasteiger partial charge in [-0.1, -0.05) is 29.8 Å². The van der Waals surface area contributed by atoms with E-state index in [1.165, 1.54) is 44.5 Å². The van der Waals surface area contributed by atoms with Crippen LogP contribution in [-0.4, -0.2) is 36.2 Å². The molecule has 1 saturated heterocycles. The van der Waals surface area contributed by atoms with Crippen LogP contribution in [0.1, 0.15) is 43.6 Å². The fraction of sp³-hybridized carbons (Fsp3) is 0.625. The number of hydrogen-bond acceptors (Lipinski definition) is 2. The van der Waals surface area contributed by atoms with Crippen molar-refractivity contribution in [2.24, 2.45) is 0 Å². The third kappa shape index (κ3) is 5.25. The van der Waals surface area contributed by atoms with Gasteiger partial charge in [-0.3, -0.25) is 0 Å². The van der Waals surface area contributed by atoms with Crippen LogP contribution in [0.5, 0.6) is 0 Å². The molecule has 4 heteroatoms. The predicted molar refractivity (Wildman–Crippen MR) is 88.1 cm³/mol. The van der Waals surface area contributed by atoms with Crippen LogP contribution in [0.15, 0.2) is 24.3 Å². The maximum atomic E-state index is 8.76. The Hall–Kier alpha value is -0.280. The second kappa shape index (κ2) is 9.62. The SMILES string of the molecule is Cl.OCCCCCN1CCC(c2ccccc2Cl)CC1. The van der Waals surface area contributed by atoms with Crippen LogP contribution in [0, 0.1) is 0 Å². The van der Waals surface area contributed by atoms with E-state index in [2.05, 4.69) is 17.0 Å². The number of hydrogen-bond donors (Lipinski definition) is 1. The van der Waals surface area contributed by atoms with Crippen LogP contribution < -0.4 is 0 Å². The first-order chi connectivity index (χ1) is 9.31. The van der Waals surface area contributed by atoms with Gasteiger partial charge in [0.05, 0.1) is 0 Å². The summed E-state index contributed by atoms with van der Waals surface area (Å²) in [5.41, 5.74) is 1.32. The Balaban J connectivity index is 0.00000200. The first-order valence-corrected chi connectivity index (χ1v) is 7.76. The molecule has 1 aliphatic rings. The zero-order valence-electron chi connectivity index (χ0n) is 11.9. The Bertz CT molecular complexity index is 378. The molecule has 1 aromatic rings. The molecule has 114 valence electrons. The lowest BCUT2D eigenvalue weighted by Gasteiger charge is -2.32. The van der Waals surface area contributed by atoms with E-state index in [1.807, 2.05) is 12.1 Å². The maximum Gasteiger partial charge on any atom is 0.0440 e. The Morgan fingerprint density at radius 1 is 1.10 bits per heavy atom. The van der Waals surface area contributed by atoms with Gasteiger partial charge in [0.2, 0.25) is 0 Å². The summed E-state index contributed by atoms with van der Waals surface area (Å²) in [6.07, 6.45) is 5.71. The molecule has 20 heavy (non-hydrogen) atoms. The second-order valence-corrected chi connectivity index (χ2v) is 5.83. The predicted octanol–water partition coefficient (Wildman–Crippen LogP) is 4.10. The quantitative estimate of drug-likeness (QED) is 0.798. The molecule has 0 spiro atoms. The summed E-state index contributed by atoms with van der Waals surface area (Å²) < 4.78 is 0. The summed E-state index contributed by atoms with van der Waals surface area (Å²) in [7, 11) is 0. The molecule has 1 fully saturated rings. The lowest BCUT2D eigenvalue weighted by Crippen LogP contribution is -2.33. The van der Waals surface area contributed by atoms with Crippen molar-refractivity contribution in [3.05, 3.63) is 34.9 Å². The van der Waals surface area contributed by atoms with Gasteiger partial charge in [-0.05, 0) is 69.3 Å². The van der Waals surface area contributed by atoms with Gasteiger partial charge < -0.3 is 10.0 Å². The monoisotopic (exact) mass is 317 g/mol. The largest absolute Gasteiger partial charge is 0.396 e. The molecule has 2 nitrogen and oxygen atoms in total. The molecule has 0 unspecified atom stereocenters. The van der Waals surface area contributed by atoms with E-state index >= 15 is 0 Å². The number of piperidine rings is 1. The van der Waals surface area contributed by atoms with Crippen molar-refractivity contribution in [1.29, 1.82) is 0 Å². The minimum Gasteiger partial charge on any atom is -0.396 e. The number of unbranched alkanes of at least 4 members (excludes halogenated alkanes) is 2. The number of halogens is 2. The smallest absolute Gasteiger partial charge is 0.0440 e. The number of rotatable bonds is 6. The normalized spacial score (nSPS) is 16.9. The zero-order chi connectivity index (χ0) is 13.5. The van der Waals surface area contributed by atoms with Gasteiger partial charge >= 0.3 is 0 Å². The van der Waals surface area contributed by atoms with Gasteiger partial charge in [0, 0.05) is 11.6 Å². The minimum absolute atomic E-state index is 0. The molecular weight excluding hydrogens is 293 g/mol. The summed E-state index contributed by atoms with van der Waals surface area (Å²) in [6.45, 7) is 3.86. The van der Waals surface area contributed by atoms with Crippen molar-refractivity contribution in [2.75, 3.05) is 26.2 Å². The van der Waals surface area contributed by atoms with E-state index in [-0.39, 0.29) is 12.4 Å². The lowest BCUT2D eigenvalue weighted by molar-refractivity contribution is 0.205. The molecule has 0 radical (unpaired) electrons. The van der Waals surface area contributed by atoms with Crippen LogP contribution in [0.3, 0.4) is 0 Å². The summed E-state index contributed by atoms with van der Waals surface area (Å²) in [5.74, 6) is 0.627. The average molecular weight is 318 g/mol. The third-order valence-electron chi connectivity index (χ3n) is 4.07. The molecule has 0 amide bonds. The van der Waals surface area contributed by atoms with Crippen LogP contribution in [0.2, 0.25) is 5.02 Å². The van der Waals surface area contributed by atoms with Gasteiger partial charge in [0.25, 0.3) is 0 Å². The molecule has 1 aromatic carbocycles. The van der Waals surface area contributed by atoms with E-state index in [0.717, 1.165) is 17.9 Å². The van der Waals surface area contributed by atoms with Crippen molar-refractivity contribution < 1.29 is 5.11 Å². The van der Waals surface area contributed by atoms with E-state index in [9.17, 15) is 0 Å². The summed E-state index contributed by atoms with van der Waals surface area (Å²) in [6, 6.07) is 8.26. The summed E-state index contributed by atoms with van der Waals surface area (Å²) >= 11 is 6.28. The Morgan fingerprint density at radius 2 is 1.80 bits per heavy atom. The number of aliphatic hydroxyl groups is 1. The van der Waals surface area contributed by atoms with Gasteiger partial charge in [0.15, 0.2) is 0 Å². The molecule has 0 saturated carbocycles. The third-order valence-corrected chi connectivity index (χ3v) is 4.41. The van der Waals surface area contributed by atoms with Gasteiger partial charge in [-0.25, -0.2) is 0 Å². The summed E-state index contributed by atoms with van der Waals surface area (Å²) in [5, 5.41) is 9.68. The summed E-state index contributed by atoms with van der Waals surface area (Å²) in [4.78, 5) is 2.55. The van der Waals surface area contributed by atoms with Crippen LogP contribution in [-0.2, 0) is 0 Å². The van der Waals surface area contributed by atoms with Gasteiger partial charge in [-0.2, -0.15) is 0 Å². The molecule has 0 aromatic heterocycles. The Kier molecular flexibility index (Phi) is 8.55. The molecule has 0 bridgehead atoms. The molecule has 1 N–H and O–H groups in total. The standard InChI is InChI=1S/C16H24ClNO.ClH/c17-16-7-3-2-6-15(16)14-8-11-18(12-9-14)10-4-1-5-13-19;/h2-3,6-7,14,19H,1,4-5,8-13H2;1H. The highest BCUT2D eigenvalue weighted by Crippen LogP contribution is 2.32. The van der Waals surface area contributed by atoms with Crippen LogP contribution >= 0.6 is 24.0 Å². The Morgan fingerprint density at radius 3 is 2.45 bits per heavy atom. The average Bonchev–Trinajstić information content (AvgIpc) is 2.45. The van der Waals surface area contributed by atoms with Crippen molar-refractivity contribution in [2.45, 2.75) is 38.0 Å². The van der Waals surface area contributed by atoms with Crippen LogP contribution in [0.4, 0.5) is 0 Å². The Labute approximate surface area is 133 Å². The number of nitrogens with zero attached hydrogens (tertiary/aromatic N) is 1. The highest BCUT2D eigenvalue weighted by molar-refractivity contribution is 6.31. The fourth-order valence-electron chi connectivity index (χ4n) is 2.90. The minimum atomic E-state index is 0. The van der Waals surface area contributed by atoms with E-state index in [0.29, 0.717) is 12.5 Å². The highest BCUT2D eigenvalue weighted by atomic mass is 35.5. The highest BCUT2D eigenvalue weighted by Gasteiger charge is 2.21. The van der Waals surface area contributed by atoms with E-state index in [1.54, 1.807) is 0 Å². The van der Waals surface area contributed by atoms with Gasteiger partial charge in [-0.15, -0.1) is 12.4 Å². The number of benzene rings is 1. The first kappa shape index (κ1) is 17.8. The van der Waals surface area contributed by atoms with Crippen molar-refractivity contribution in [1.82, 2.24) is 4.90 Å². The van der Waals surface area contributed by atoms with Crippen molar-refractivity contribution in [3.63, 3.8) is 0 Å². The fourth-order valence-corrected chi connectivity index (χ4v) is 3.19. The molecule has 1 aliphatic heterocycles. The topological polar surface area (TPSA) is 23.5 Å². The zero-order valence-corrected chi connectivity index (χ0v) is 13.5. The lowest BCUT2D eigenvalue weighted by atomic mass is 9.89. The van der Waals surface area contributed by atoms with E-state index in [4.69, 9.17) is 16.7 Å². The molecule has 0 atom stereocenters. The first-order valence-electron chi connectivity index (χ1n) is 7.39. The molecule has 2 rings (SSSR count).